The van der Waals surface area contributed by atoms with Crippen molar-refractivity contribution in [1.29, 1.82) is 0 Å². The zero-order chi connectivity index (χ0) is 19.9. The summed E-state index contributed by atoms with van der Waals surface area (Å²) in [7, 11) is 0. The molecular formula is C16H15FN6O3S2. The molecule has 0 unspecified atom stereocenters. The summed E-state index contributed by atoms with van der Waals surface area (Å²) in [5.41, 5.74) is -0.0730. The number of nitrogens with zero attached hydrogens (tertiary/aromatic N) is 4. The first-order valence-electron chi connectivity index (χ1n) is 8.15. The van der Waals surface area contributed by atoms with Gasteiger partial charge in [-0.25, -0.2) is 4.39 Å². The Bertz CT molecular complexity index is 977. The summed E-state index contributed by atoms with van der Waals surface area (Å²) in [6.45, 7) is 1.89. The molecule has 0 aliphatic heterocycles. The lowest BCUT2D eigenvalue weighted by atomic mass is 10.2. The Balaban J connectivity index is 1.45. The Morgan fingerprint density at radius 1 is 1.21 bits per heavy atom. The van der Waals surface area contributed by atoms with E-state index >= 15 is 0 Å². The highest BCUT2D eigenvalue weighted by Crippen LogP contribution is 2.19. The number of aryl methyl sites for hydroxylation is 1. The monoisotopic (exact) mass is 422 g/mol. The Morgan fingerprint density at radius 2 is 2.04 bits per heavy atom. The first-order chi connectivity index (χ1) is 13.5. The van der Waals surface area contributed by atoms with Crippen molar-refractivity contribution in [2.24, 2.45) is 0 Å². The molecule has 0 fully saturated rings. The van der Waals surface area contributed by atoms with E-state index in [1.54, 1.807) is 6.07 Å². The summed E-state index contributed by atoms with van der Waals surface area (Å²) in [6.07, 6.45) is 0.750. The summed E-state index contributed by atoms with van der Waals surface area (Å²) in [4.78, 5) is 23.9. The van der Waals surface area contributed by atoms with Gasteiger partial charge in [-0.15, -0.1) is 20.4 Å². The van der Waals surface area contributed by atoms with E-state index in [2.05, 4.69) is 31.0 Å². The maximum absolute atomic E-state index is 13.6. The predicted octanol–water partition coefficient (Wildman–Crippen LogP) is 2.28. The van der Waals surface area contributed by atoms with Crippen LogP contribution in [-0.4, -0.2) is 38.0 Å². The van der Waals surface area contributed by atoms with Gasteiger partial charge in [-0.3, -0.25) is 14.9 Å². The molecule has 2 aromatic heterocycles. The summed E-state index contributed by atoms with van der Waals surface area (Å²) in [5.74, 6) is -1.30. The van der Waals surface area contributed by atoms with E-state index in [4.69, 9.17) is 4.42 Å². The molecule has 12 heteroatoms. The number of benzene rings is 1. The van der Waals surface area contributed by atoms with Crippen LogP contribution in [0.15, 0.2) is 33.9 Å². The highest BCUT2D eigenvalue weighted by molar-refractivity contribution is 7.99. The average Bonchev–Trinajstić information content (AvgIpc) is 3.34. The molecule has 1 aromatic carbocycles. The topological polar surface area (TPSA) is 123 Å². The second kappa shape index (κ2) is 9.37. The third-order valence-corrected chi connectivity index (χ3v) is 5.11. The van der Waals surface area contributed by atoms with Crippen LogP contribution in [0.25, 0.3) is 0 Å². The summed E-state index contributed by atoms with van der Waals surface area (Å²) in [6, 6.07) is 5.64. The van der Waals surface area contributed by atoms with Gasteiger partial charge >= 0.3 is 0 Å². The number of nitrogens with one attached hydrogen (secondary N) is 2. The Kier molecular flexibility index (Phi) is 6.66. The van der Waals surface area contributed by atoms with Crippen molar-refractivity contribution >= 4 is 40.0 Å². The van der Waals surface area contributed by atoms with Gasteiger partial charge in [0.05, 0.1) is 17.9 Å². The second-order valence-corrected chi connectivity index (χ2v) is 7.30. The molecule has 9 nitrogen and oxygen atoms in total. The van der Waals surface area contributed by atoms with Crippen LogP contribution < -0.4 is 10.6 Å². The number of hydrogen-bond donors (Lipinski definition) is 2. The predicted molar refractivity (Wildman–Crippen MR) is 101 cm³/mol. The molecule has 2 heterocycles. The number of carbonyl (C=O) groups excluding carboxylic acids is 2. The fourth-order valence-corrected chi connectivity index (χ4v) is 3.27. The normalized spacial score (nSPS) is 10.6. The van der Waals surface area contributed by atoms with Crippen molar-refractivity contribution in [3.05, 3.63) is 46.5 Å². The molecule has 0 saturated carbocycles. The van der Waals surface area contributed by atoms with Crippen molar-refractivity contribution in [3.8, 4) is 0 Å². The molecule has 0 spiro atoms. The van der Waals surface area contributed by atoms with Gasteiger partial charge < -0.3 is 9.73 Å². The van der Waals surface area contributed by atoms with Crippen molar-refractivity contribution in [1.82, 2.24) is 25.7 Å². The quantitative estimate of drug-likeness (QED) is 0.530. The van der Waals surface area contributed by atoms with Crippen LogP contribution in [0.1, 0.15) is 28.2 Å². The van der Waals surface area contributed by atoms with Gasteiger partial charge in [0.1, 0.15) is 10.8 Å². The maximum atomic E-state index is 13.6. The summed E-state index contributed by atoms with van der Waals surface area (Å²) < 4.78 is 18.9. The highest BCUT2D eigenvalue weighted by Gasteiger charge is 2.14. The number of amides is 2. The number of hydrogen-bond acceptors (Lipinski definition) is 9. The number of halogens is 1. The van der Waals surface area contributed by atoms with E-state index in [9.17, 15) is 14.0 Å². The van der Waals surface area contributed by atoms with Gasteiger partial charge in [0.2, 0.25) is 16.9 Å². The van der Waals surface area contributed by atoms with E-state index in [1.807, 2.05) is 6.92 Å². The van der Waals surface area contributed by atoms with Crippen molar-refractivity contribution in [2.75, 3.05) is 11.1 Å². The number of thioether (sulfide) groups is 1. The van der Waals surface area contributed by atoms with Crippen LogP contribution in [0, 0.1) is 5.82 Å². The lowest BCUT2D eigenvalue weighted by molar-refractivity contribution is -0.113. The SMILES string of the molecule is CCc1nnc(NC(=O)CSc2nnc(CNC(=O)c3ccccc3F)o2)s1. The fraction of sp³-hybridized carbons (Fsp3) is 0.250. The molecule has 146 valence electrons. The van der Waals surface area contributed by atoms with Crippen LogP contribution in [0.3, 0.4) is 0 Å². The molecule has 2 amide bonds. The van der Waals surface area contributed by atoms with Crippen molar-refractivity contribution in [2.45, 2.75) is 25.1 Å². The van der Waals surface area contributed by atoms with Gasteiger partial charge in [0.15, 0.2) is 0 Å². The van der Waals surface area contributed by atoms with Crippen LogP contribution in [0.5, 0.6) is 0 Å². The Morgan fingerprint density at radius 3 is 2.79 bits per heavy atom. The first kappa shape index (κ1) is 19.9. The van der Waals surface area contributed by atoms with Crippen LogP contribution >= 0.6 is 23.1 Å². The van der Waals surface area contributed by atoms with Crippen LogP contribution in [0.4, 0.5) is 9.52 Å². The zero-order valence-corrected chi connectivity index (χ0v) is 16.3. The van der Waals surface area contributed by atoms with Gasteiger partial charge in [0.25, 0.3) is 11.1 Å². The molecular weight excluding hydrogens is 407 g/mol. The van der Waals surface area contributed by atoms with E-state index in [-0.39, 0.29) is 34.9 Å². The molecule has 3 rings (SSSR count). The number of aromatic nitrogens is 4. The number of rotatable bonds is 8. The minimum atomic E-state index is -0.616. The maximum Gasteiger partial charge on any atom is 0.277 e. The summed E-state index contributed by atoms with van der Waals surface area (Å²) in [5, 5.41) is 22.0. The van der Waals surface area contributed by atoms with Gasteiger partial charge in [0, 0.05) is 0 Å². The third kappa shape index (κ3) is 5.33. The Hall–Kier alpha value is -2.86. The summed E-state index contributed by atoms with van der Waals surface area (Å²) >= 11 is 2.36. The van der Waals surface area contributed by atoms with E-state index < -0.39 is 11.7 Å². The molecule has 0 aliphatic carbocycles. The molecule has 0 radical (unpaired) electrons. The van der Waals surface area contributed by atoms with Gasteiger partial charge in [-0.05, 0) is 18.6 Å². The van der Waals surface area contributed by atoms with E-state index in [0.29, 0.717) is 5.13 Å². The van der Waals surface area contributed by atoms with Crippen molar-refractivity contribution < 1.29 is 18.4 Å². The molecule has 0 bridgehead atoms. The van der Waals surface area contributed by atoms with Crippen LogP contribution in [0.2, 0.25) is 0 Å². The van der Waals surface area contributed by atoms with E-state index in [1.165, 1.54) is 29.5 Å². The second-order valence-electron chi connectivity index (χ2n) is 5.32. The van der Waals surface area contributed by atoms with Gasteiger partial charge in [-0.2, -0.15) is 0 Å². The minimum absolute atomic E-state index is 0.0459. The number of anilines is 1. The fourth-order valence-electron chi connectivity index (χ4n) is 1.99. The molecule has 2 N–H and O–H groups in total. The first-order valence-corrected chi connectivity index (χ1v) is 9.95. The van der Waals surface area contributed by atoms with Gasteiger partial charge in [-0.1, -0.05) is 42.2 Å². The molecule has 3 aromatic rings. The largest absolute Gasteiger partial charge is 0.414 e. The average molecular weight is 422 g/mol. The Labute approximate surface area is 167 Å². The standard InChI is InChI=1S/C16H15FN6O3S2/c1-2-13-21-22-15(28-13)19-11(24)8-27-16-23-20-12(26-16)7-18-14(25)9-5-3-4-6-10(9)17/h3-6H,2,7-8H2,1H3,(H,18,25)(H,19,22,24). The highest BCUT2D eigenvalue weighted by atomic mass is 32.2. The molecule has 0 atom stereocenters. The molecule has 28 heavy (non-hydrogen) atoms. The lowest BCUT2D eigenvalue weighted by Crippen LogP contribution is -2.23. The smallest absolute Gasteiger partial charge is 0.277 e. The molecule has 0 aliphatic rings. The molecule has 0 saturated heterocycles. The lowest BCUT2D eigenvalue weighted by Gasteiger charge is -2.03. The van der Waals surface area contributed by atoms with E-state index in [0.717, 1.165) is 23.2 Å². The van der Waals surface area contributed by atoms with Crippen molar-refractivity contribution in [3.63, 3.8) is 0 Å². The zero-order valence-electron chi connectivity index (χ0n) is 14.6. The third-order valence-electron chi connectivity index (χ3n) is 3.31. The van der Waals surface area contributed by atoms with Crippen LogP contribution in [-0.2, 0) is 17.8 Å². The minimum Gasteiger partial charge on any atom is -0.414 e. The number of carbonyl (C=O) groups is 2.